The number of hydrogen-bond donors (Lipinski definition) is 0. The summed E-state index contributed by atoms with van der Waals surface area (Å²) in [4.78, 5) is 5.01. The summed E-state index contributed by atoms with van der Waals surface area (Å²) in [6, 6.07) is 49.1. The third kappa shape index (κ3) is 7.01. The van der Waals surface area contributed by atoms with E-state index in [0.29, 0.717) is 0 Å². The van der Waals surface area contributed by atoms with Crippen LogP contribution in [0.5, 0.6) is 0 Å². The number of allylic oxidation sites excluding steroid dienone is 2. The quantitative estimate of drug-likeness (QED) is 0.0830. The summed E-state index contributed by atoms with van der Waals surface area (Å²) in [6.45, 7) is 0.809. The van der Waals surface area contributed by atoms with Crippen molar-refractivity contribution in [2.45, 2.75) is 55.1 Å². The molecular weight excluding hydrogens is 678 g/mol. The van der Waals surface area contributed by atoms with E-state index in [1.807, 2.05) is 24.5 Å². The summed E-state index contributed by atoms with van der Waals surface area (Å²) in [6.07, 6.45) is 11.1. The Kier molecular flexibility index (Phi) is 10.2. The molecule has 0 saturated heterocycles. The molecule has 52 heavy (non-hydrogen) atoms. The lowest BCUT2D eigenvalue weighted by atomic mass is 9.77. The third-order valence-electron chi connectivity index (χ3n) is 10.0. The first-order valence-corrected chi connectivity index (χ1v) is 19.3. The van der Waals surface area contributed by atoms with Gasteiger partial charge in [0.05, 0.1) is 12.0 Å². The molecule has 0 atom stereocenters. The average molecular weight is 718 g/mol. The molecule has 2 heterocycles. The first-order chi connectivity index (χ1) is 25.7. The van der Waals surface area contributed by atoms with Gasteiger partial charge in [-0.3, -0.25) is 0 Å². The van der Waals surface area contributed by atoms with Gasteiger partial charge in [-0.2, -0.15) is 0 Å². The summed E-state index contributed by atoms with van der Waals surface area (Å²) >= 11 is 8.03. The Morgan fingerprint density at radius 3 is 2.06 bits per heavy atom. The second kappa shape index (κ2) is 15.6. The van der Waals surface area contributed by atoms with Gasteiger partial charge in [-0.15, -0.1) is 10.2 Å². The molecule has 5 aromatic carbocycles. The van der Waals surface area contributed by atoms with Gasteiger partial charge in [-0.25, -0.2) is 4.98 Å². The number of fused-ring (bicyclic) bond motifs is 1. The monoisotopic (exact) mass is 717 g/mol. The molecule has 7 heteroatoms. The lowest BCUT2D eigenvalue weighted by Crippen LogP contribution is -2.36. The smallest absolute Gasteiger partial charge is 0.191 e. The van der Waals surface area contributed by atoms with Gasteiger partial charge >= 0.3 is 0 Å². The largest absolute Gasteiger partial charge is 0.319 e. The zero-order chi connectivity index (χ0) is 35.2. The minimum Gasteiger partial charge on any atom is -0.319 e. The molecule has 0 N–H and O–H groups in total. The van der Waals surface area contributed by atoms with Crippen molar-refractivity contribution in [3.05, 3.63) is 208 Å². The molecule has 8 rings (SSSR count). The lowest BCUT2D eigenvalue weighted by molar-refractivity contribution is 0.513. The van der Waals surface area contributed by atoms with Crippen LogP contribution in [0.3, 0.4) is 0 Å². The van der Waals surface area contributed by atoms with Gasteiger partial charge in [0, 0.05) is 29.9 Å². The molecule has 0 fully saturated rings. The van der Waals surface area contributed by atoms with E-state index in [-0.39, 0.29) is 0 Å². The minimum atomic E-state index is -0.575. The highest BCUT2D eigenvalue weighted by molar-refractivity contribution is 7.98. The maximum absolute atomic E-state index is 6.31. The average Bonchev–Trinajstić information content (AvgIpc) is 3.94. The molecule has 1 aliphatic rings. The SMILES string of the molecule is Clc1cccc(CSc2nnc(CCC3=CCc4ccccc43)n2CCCc2cn(C(c3ccccc3)(c3ccccc3)c3ccccc3)cn2)c1. The number of aryl methyl sites for hydroxylation is 2. The molecule has 0 bridgehead atoms. The topological polar surface area (TPSA) is 48.5 Å². The standard InChI is InChI=1S/C45H40ClN5S/c46-40-22-12-14-34(30-40)32-52-44-49-48-43(28-27-36-26-25-35-15-10-11-24-42(35)36)51(44)29-13-23-41-31-50(33-47-41)45(37-16-4-1-5-17-37,38-18-6-2-7-19-38)39-20-8-3-9-21-39/h1-12,14-22,24,26,30-31,33H,13,23,25,27-29,32H2. The summed E-state index contributed by atoms with van der Waals surface area (Å²) in [5.74, 6) is 1.81. The molecule has 1 aliphatic carbocycles. The van der Waals surface area contributed by atoms with Crippen molar-refractivity contribution in [2.24, 2.45) is 0 Å². The van der Waals surface area contributed by atoms with Gasteiger partial charge < -0.3 is 9.13 Å². The van der Waals surface area contributed by atoms with E-state index in [1.54, 1.807) is 11.8 Å². The Bertz CT molecular complexity index is 2180. The highest BCUT2D eigenvalue weighted by Crippen LogP contribution is 2.41. The predicted molar refractivity (Wildman–Crippen MR) is 213 cm³/mol. The van der Waals surface area contributed by atoms with Crippen LogP contribution >= 0.6 is 23.4 Å². The lowest BCUT2D eigenvalue weighted by Gasteiger charge is -2.37. The molecule has 0 unspecified atom stereocenters. The molecule has 5 nitrogen and oxygen atoms in total. The van der Waals surface area contributed by atoms with E-state index in [4.69, 9.17) is 26.8 Å². The molecule has 2 aromatic heterocycles. The molecule has 0 saturated carbocycles. The molecule has 258 valence electrons. The molecular formula is C45H40ClN5S. The number of aromatic nitrogens is 5. The Morgan fingerprint density at radius 2 is 1.37 bits per heavy atom. The third-order valence-corrected chi connectivity index (χ3v) is 11.3. The Hall–Kier alpha value is -5.17. The second-order valence-corrected chi connectivity index (χ2v) is 14.6. The van der Waals surface area contributed by atoms with Crippen LogP contribution in [0, 0.1) is 0 Å². The summed E-state index contributed by atoms with van der Waals surface area (Å²) in [5, 5.41) is 11.1. The van der Waals surface area contributed by atoms with Crippen LogP contribution in [-0.4, -0.2) is 24.3 Å². The fourth-order valence-electron chi connectivity index (χ4n) is 7.53. The molecule has 0 spiro atoms. The number of halogens is 1. The van der Waals surface area contributed by atoms with Crippen molar-refractivity contribution in [2.75, 3.05) is 0 Å². The van der Waals surface area contributed by atoms with E-state index in [0.717, 1.165) is 66.1 Å². The van der Waals surface area contributed by atoms with Crippen molar-refractivity contribution >= 4 is 28.9 Å². The van der Waals surface area contributed by atoms with Crippen LogP contribution in [0.15, 0.2) is 163 Å². The zero-order valence-electron chi connectivity index (χ0n) is 29.0. The minimum absolute atomic E-state index is 0.575. The highest BCUT2D eigenvalue weighted by Gasteiger charge is 2.38. The van der Waals surface area contributed by atoms with Crippen LogP contribution in [0.1, 0.15) is 57.7 Å². The van der Waals surface area contributed by atoms with Crippen LogP contribution in [0.4, 0.5) is 0 Å². The fraction of sp³-hybridized carbons (Fsp3) is 0.178. The van der Waals surface area contributed by atoms with E-state index in [2.05, 4.69) is 143 Å². The number of thioether (sulfide) groups is 1. The van der Waals surface area contributed by atoms with Gasteiger partial charge in [0.25, 0.3) is 0 Å². The Labute approximate surface area is 315 Å². The maximum atomic E-state index is 6.31. The summed E-state index contributed by atoms with van der Waals surface area (Å²) in [5.41, 5.74) is 9.40. The molecule has 7 aromatic rings. The Morgan fingerprint density at radius 1 is 0.692 bits per heavy atom. The highest BCUT2D eigenvalue weighted by atomic mass is 35.5. The number of imidazole rings is 1. The number of rotatable bonds is 14. The molecule has 0 radical (unpaired) electrons. The molecule has 0 aliphatic heterocycles. The van der Waals surface area contributed by atoms with E-state index in [1.165, 1.54) is 39.0 Å². The number of hydrogen-bond acceptors (Lipinski definition) is 4. The van der Waals surface area contributed by atoms with Crippen molar-refractivity contribution in [1.82, 2.24) is 24.3 Å². The predicted octanol–water partition coefficient (Wildman–Crippen LogP) is 10.5. The van der Waals surface area contributed by atoms with Gasteiger partial charge in [-0.1, -0.05) is 157 Å². The van der Waals surface area contributed by atoms with E-state index in [9.17, 15) is 0 Å². The van der Waals surface area contributed by atoms with Gasteiger partial charge in [0.2, 0.25) is 0 Å². The van der Waals surface area contributed by atoms with Crippen LogP contribution in [0.25, 0.3) is 5.57 Å². The normalized spacial score (nSPS) is 12.5. The fourth-order valence-corrected chi connectivity index (χ4v) is 8.67. The Balaban J connectivity index is 1.05. The number of nitrogens with zero attached hydrogens (tertiary/aromatic N) is 5. The van der Waals surface area contributed by atoms with Crippen molar-refractivity contribution < 1.29 is 0 Å². The van der Waals surface area contributed by atoms with Gasteiger partial charge in [0.1, 0.15) is 11.4 Å². The first kappa shape index (κ1) is 33.9. The first-order valence-electron chi connectivity index (χ1n) is 17.9. The van der Waals surface area contributed by atoms with Gasteiger partial charge in [0.15, 0.2) is 5.16 Å². The second-order valence-electron chi connectivity index (χ2n) is 13.2. The van der Waals surface area contributed by atoms with E-state index < -0.39 is 5.54 Å². The molecule has 0 amide bonds. The van der Waals surface area contributed by atoms with Crippen molar-refractivity contribution in [3.63, 3.8) is 0 Å². The summed E-state index contributed by atoms with van der Waals surface area (Å²) in [7, 11) is 0. The van der Waals surface area contributed by atoms with Crippen molar-refractivity contribution in [1.29, 1.82) is 0 Å². The van der Waals surface area contributed by atoms with Crippen molar-refractivity contribution in [3.8, 4) is 0 Å². The van der Waals surface area contributed by atoms with Gasteiger partial charge in [-0.05, 0) is 76.8 Å². The van der Waals surface area contributed by atoms with E-state index >= 15 is 0 Å². The van der Waals surface area contributed by atoms with Crippen LogP contribution in [0.2, 0.25) is 5.02 Å². The maximum Gasteiger partial charge on any atom is 0.191 e. The zero-order valence-corrected chi connectivity index (χ0v) is 30.6. The van der Waals surface area contributed by atoms with Crippen LogP contribution in [-0.2, 0) is 37.1 Å². The summed E-state index contributed by atoms with van der Waals surface area (Å²) < 4.78 is 4.63. The van der Waals surface area contributed by atoms with Crippen LogP contribution < -0.4 is 0 Å². The number of benzene rings is 5.